The quantitative estimate of drug-likeness (QED) is 0.469. The zero-order valence-electron chi connectivity index (χ0n) is 16.3. The molecule has 2 amide bonds. The number of anilines is 1. The number of carbonyl (C=O) groups is 1. The first-order chi connectivity index (χ1) is 14.0. The van der Waals surface area contributed by atoms with Gasteiger partial charge in [-0.2, -0.15) is 0 Å². The summed E-state index contributed by atoms with van der Waals surface area (Å²) < 4.78 is 0. The van der Waals surface area contributed by atoms with Gasteiger partial charge in [0.25, 0.3) is 0 Å². The van der Waals surface area contributed by atoms with E-state index >= 15 is 0 Å². The topological polar surface area (TPSA) is 128 Å². The second-order valence-corrected chi connectivity index (χ2v) is 7.89. The van der Waals surface area contributed by atoms with Crippen molar-refractivity contribution in [2.75, 3.05) is 18.8 Å². The van der Waals surface area contributed by atoms with E-state index in [1.54, 1.807) is 17.3 Å². The Morgan fingerprint density at radius 1 is 1.17 bits per heavy atom. The second-order valence-electron chi connectivity index (χ2n) is 7.89. The van der Waals surface area contributed by atoms with Crippen molar-refractivity contribution in [3.8, 4) is 11.1 Å². The molecule has 2 aliphatic rings. The number of β-amino-alcohol motifs (C(OH)–C–C–N with tert-alkyl or cyclic N) is 1. The minimum Gasteiger partial charge on any atom is -0.391 e. The summed E-state index contributed by atoms with van der Waals surface area (Å²) in [6, 6.07) is 7.70. The summed E-state index contributed by atoms with van der Waals surface area (Å²) in [6.45, 7) is 0.937. The molecule has 2 fully saturated rings. The van der Waals surface area contributed by atoms with Crippen LogP contribution in [-0.2, 0) is 5.41 Å². The van der Waals surface area contributed by atoms with Crippen molar-refractivity contribution in [1.29, 1.82) is 5.41 Å². The molecule has 1 saturated heterocycles. The molecule has 2 heterocycles. The Balaban J connectivity index is 1.49. The molecule has 152 valence electrons. The van der Waals surface area contributed by atoms with Crippen molar-refractivity contribution in [2.45, 2.75) is 43.6 Å². The Morgan fingerprint density at radius 3 is 2.45 bits per heavy atom. The smallest absolute Gasteiger partial charge is 0.322 e. The molecular formula is C21H26N6O2. The fourth-order valence-electron chi connectivity index (χ4n) is 4.13. The summed E-state index contributed by atoms with van der Waals surface area (Å²) in [5.74, 6) is 0.474. The van der Waals surface area contributed by atoms with Gasteiger partial charge in [0.2, 0.25) is 5.95 Å². The van der Waals surface area contributed by atoms with E-state index in [1.165, 1.54) is 0 Å². The van der Waals surface area contributed by atoms with Gasteiger partial charge >= 0.3 is 6.03 Å². The van der Waals surface area contributed by atoms with Crippen molar-refractivity contribution >= 4 is 17.8 Å². The van der Waals surface area contributed by atoms with Crippen LogP contribution in [0.15, 0.2) is 36.7 Å². The summed E-state index contributed by atoms with van der Waals surface area (Å²) in [7, 11) is 0. The van der Waals surface area contributed by atoms with E-state index < -0.39 is 11.5 Å². The van der Waals surface area contributed by atoms with Crippen LogP contribution in [0.25, 0.3) is 11.1 Å². The zero-order valence-corrected chi connectivity index (χ0v) is 16.3. The molecule has 4 rings (SSSR count). The number of urea groups is 1. The predicted octanol–water partition coefficient (Wildman–Crippen LogP) is 2.29. The Labute approximate surface area is 169 Å². The van der Waals surface area contributed by atoms with Gasteiger partial charge in [-0.25, -0.2) is 14.8 Å². The van der Waals surface area contributed by atoms with Crippen molar-refractivity contribution < 1.29 is 9.90 Å². The van der Waals surface area contributed by atoms with Crippen LogP contribution in [0.3, 0.4) is 0 Å². The van der Waals surface area contributed by atoms with E-state index in [1.807, 2.05) is 24.3 Å². The molecule has 1 aliphatic carbocycles. The lowest BCUT2D eigenvalue weighted by Gasteiger charge is -2.43. The molecule has 1 unspecified atom stereocenters. The van der Waals surface area contributed by atoms with Gasteiger partial charge in [-0.3, -0.25) is 10.7 Å². The number of aliphatic hydroxyl groups is 1. The Bertz CT molecular complexity index is 892. The number of aliphatic hydroxyl groups excluding tert-OH is 1. The van der Waals surface area contributed by atoms with Crippen LogP contribution in [-0.4, -0.2) is 51.0 Å². The first-order valence-corrected chi connectivity index (χ1v) is 9.99. The molecule has 29 heavy (non-hydrogen) atoms. The van der Waals surface area contributed by atoms with E-state index in [0.717, 1.165) is 48.8 Å². The number of piperidine rings is 1. The van der Waals surface area contributed by atoms with Crippen LogP contribution in [0.4, 0.5) is 10.7 Å². The van der Waals surface area contributed by atoms with Crippen molar-refractivity contribution in [2.24, 2.45) is 0 Å². The van der Waals surface area contributed by atoms with E-state index in [0.29, 0.717) is 13.1 Å². The largest absolute Gasteiger partial charge is 0.391 e. The summed E-state index contributed by atoms with van der Waals surface area (Å²) in [5.41, 5.74) is 7.96. The van der Waals surface area contributed by atoms with Gasteiger partial charge in [-0.1, -0.05) is 30.7 Å². The maximum absolute atomic E-state index is 12.6. The summed E-state index contributed by atoms with van der Waals surface area (Å²) in [6.07, 6.45) is 7.08. The molecule has 2 aromatic rings. The van der Waals surface area contributed by atoms with Crippen molar-refractivity contribution in [1.82, 2.24) is 20.2 Å². The first kappa shape index (κ1) is 19.3. The monoisotopic (exact) mass is 394 g/mol. The number of amidine groups is 1. The molecule has 1 saturated carbocycles. The lowest BCUT2D eigenvalue weighted by Crippen LogP contribution is -2.55. The normalized spacial score (nSPS) is 20.6. The van der Waals surface area contributed by atoms with Gasteiger partial charge in [0.1, 0.15) is 5.84 Å². The third-order valence-corrected chi connectivity index (χ3v) is 6.04. The second kappa shape index (κ2) is 7.79. The summed E-state index contributed by atoms with van der Waals surface area (Å²) >= 11 is 0. The van der Waals surface area contributed by atoms with Gasteiger partial charge < -0.3 is 15.7 Å². The molecule has 0 bridgehead atoms. The van der Waals surface area contributed by atoms with E-state index in [4.69, 9.17) is 11.1 Å². The van der Waals surface area contributed by atoms with E-state index in [9.17, 15) is 9.90 Å². The fraction of sp³-hybridized carbons (Fsp3) is 0.429. The van der Waals surface area contributed by atoms with Crippen molar-refractivity contribution in [3.63, 3.8) is 0 Å². The molecular weight excluding hydrogens is 368 g/mol. The lowest BCUT2D eigenvalue weighted by molar-refractivity contribution is 0.0854. The van der Waals surface area contributed by atoms with Gasteiger partial charge in [0.05, 0.1) is 11.5 Å². The minimum absolute atomic E-state index is 0.234. The number of aromatic nitrogens is 2. The maximum atomic E-state index is 12.6. The SMILES string of the molecule is N=C(NC(=O)N1CCCC(O)C1)C1(c2ccc(-c3cnc(N)nc3)cc2)CCC1. The van der Waals surface area contributed by atoms with Gasteiger partial charge in [-0.15, -0.1) is 0 Å². The molecule has 1 atom stereocenters. The zero-order chi connectivity index (χ0) is 20.4. The number of amides is 2. The fourth-order valence-corrected chi connectivity index (χ4v) is 4.13. The Kier molecular flexibility index (Phi) is 5.19. The number of benzene rings is 1. The molecule has 1 aliphatic heterocycles. The first-order valence-electron chi connectivity index (χ1n) is 9.99. The third kappa shape index (κ3) is 3.80. The van der Waals surface area contributed by atoms with Crippen LogP contribution in [0.5, 0.6) is 0 Å². The van der Waals surface area contributed by atoms with E-state index in [2.05, 4.69) is 15.3 Å². The van der Waals surface area contributed by atoms with Gasteiger partial charge in [0.15, 0.2) is 0 Å². The molecule has 0 spiro atoms. The number of nitrogen functional groups attached to an aromatic ring is 1. The summed E-state index contributed by atoms with van der Waals surface area (Å²) in [4.78, 5) is 22.2. The molecule has 5 N–H and O–H groups in total. The number of nitrogens with zero attached hydrogens (tertiary/aromatic N) is 3. The average Bonchev–Trinajstić information content (AvgIpc) is 2.68. The standard InChI is InChI=1S/C21H26N6O2/c22-18(26-20(29)27-10-1-3-17(28)13-27)21(8-2-9-21)16-6-4-14(5-7-16)15-11-24-19(23)25-12-15/h4-7,11-12,17,28H,1-3,8-10,13H2,(H2,22,26,29)(H2,23,24,25). The molecule has 1 aromatic carbocycles. The van der Waals surface area contributed by atoms with Gasteiger partial charge in [-0.05, 0) is 36.8 Å². The number of rotatable bonds is 3. The molecule has 8 heteroatoms. The van der Waals surface area contributed by atoms with Crippen LogP contribution in [0.1, 0.15) is 37.7 Å². The Hall–Kier alpha value is -3.00. The van der Waals surface area contributed by atoms with Crippen LogP contribution in [0.2, 0.25) is 0 Å². The van der Waals surface area contributed by atoms with Crippen LogP contribution < -0.4 is 11.1 Å². The highest BCUT2D eigenvalue weighted by Gasteiger charge is 2.44. The highest BCUT2D eigenvalue weighted by molar-refractivity contribution is 6.02. The highest BCUT2D eigenvalue weighted by Crippen LogP contribution is 2.44. The summed E-state index contributed by atoms with van der Waals surface area (Å²) in [5, 5.41) is 21.2. The molecule has 1 aromatic heterocycles. The minimum atomic E-state index is -0.480. The van der Waals surface area contributed by atoms with Crippen LogP contribution in [0, 0.1) is 5.41 Å². The Morgan fingerprint density at radius 2 is 1.86 bits per heavy atom. The number of nitrogens with two attached hydrogens (primary N) is 1. The molecule has 0 radical (unpaired) electrons. The average molecular weight is 394 g/mol. The van der Waals surface area contributed by atoms with Gasteiger partial charge in [0, 0.05) is 31.0 Å². The number of hydrogen-bond acceptors (Lipinski definition) is 6. The lowest BCUT2D eigenvalue weighted by atomic mass is 9.63. The number of likely N-dealkylation sites (tertiary alicyclic amines) is 1. The number of hydrogen-bond donors (Lipinski definition) is 4. The third-order valence-electron chi connectivity index (χ3n) is 6.04. The van der Waals surface area contributed by atoms with Crippen LogP contribution >= 0.6 is 0 Å². The maximum Gasteiger partial charge on any atom is 0.322 e. The predicted molar refractivity (Wildman–Crippen MR) is 110 cm³/mol. The number of carbonyl (C=O) groups excluding carboxylic acids is 1. The number of nitrogens with one attached hydrogen (secondary N) is 2. The van der Waals surface area contributed by atoms with Crippen molar-refractivity contribution in [3.05, 3.63) is 42.2 Å². The highest BCUT2D eigenvalue weighted by atomic mass is 16.3. The molecule has 8 nitrogen and oxygen atoms in total. The van der Waals surface area contributed by atoms with E-state index in [-0.39, 0.29) is 17.8 Å².